The van der Waals surface area contributed by atoms with Crippen LogP contribution in [-0.4, -0.2) is 18.4 Å². The van der Waals surface area contributed by atoms with Gasteiger partial charge in [-0.25, -0.2) is 0 Å². The standard InChI is InChI=1S/C12H16N2O3/c1-4-17-11-7(2)5-9(14-8(3)15)6-10(11)12(13)16/h5-6H,4H2,1-3H3,(H2,13,16)(H,14,15). The van der Waals surface area contributed by atoms with E-state index in [0.29, 0.717) is 18.0 Å². The number of carbonyl (C=O) groups excluding carboxylic acids is 2. The fraction of sp³-hybridized carbons (Fsp3) is 0.333. The minimum atomic E-state index is -0.580. The summed E-state index contributed by atoms with van der Waals surface area (Å²) in [5.41, 5.74) is 6.85. The number of primary amides is 1. The van der Waals surface area contributed by atoms with Crippen molar-refractivity contribution < 1.29 is 14.3 Å². The number of hydrogen-bond acceptors (Lipinski definition) is 3. The summed E-state index contributed by atoms with van der Waals surface area (Å²) in [5, 5.41) is 2.61. The van der Waals surface area contributed by atoms with Crippen molar-refractivity contribution in [3.8, 4) is 5.75 Å². The Bertz CT molecular complexity index is 455. The number of carbonyl (C=O) groups is 2. The van der Waals surface area contributed by atoms with Gasteiger partial charge in [0.15, 0.2) is 0 Å². The number of aryl methyl sites for hydroxylation is 1. The second-order valence-electron chi connectivity index (χ2n) is 3.65. The fourth-order valence-corrected chi connectivity index (χ4v) is 1.57. The van der Waals surface area contributed by atoms with Crippen LogP contribution < -0.4 is 15.8 Å². The summed E-state index contributed by atoms with van der Waals surface area (Å²) < 4.78 is 5.38. The van der Waals surface area contributed by atoms with Gasteiger partial charge in [0.05, 0.1) is 12.2 Å². The first-order valence-corrected chi connectivity index (χ1v) is 5.30. The molecule has 2 amide bonds. The number of amides is 2. The van der Waals surface area contributed by atoms with E-state index in [9.17, 15) is 9.59 Å². The summed E-state index contributed by atoms with van der Waals surface area (Å²) in [6, 6.07) is 3.25. The molecule has 0 saturated heterocycles. The Hall–Kier alpha value is -2.04. The molecule has 1 rings (SSSR count). The normalized spacial score (nSPS) is 9.82. The zero-order valence-corrected chi connectivity index (χ0v) is 10.2. The lowest BCUT2D eigenvalue weighted by molar-refractivity contribution is -0.114. The van der Waals surface area contributed by atoms with E-state index in [1.165, 1.54) is 13.0 Å². The second kappa shape index (κ2) is 5.34. The van der Waals surface area contributed by atoms with E-state index in [1.54, 1.807) is 13.0 Å². The van der Waals surface area contributed by atoms with Crippen molar-refractivity contribution in [1.29, 1.82) is 0 Å². The van der Waals surface area contributed by atoms with Gasteiger partial charge < -0.3 is 15.8 Å². The number of anilines is 1. The smallest absolute Gasteiger partial charge is 0.252 e. The molecule has 0 spiro atoms. The molecule has 0 saturated carbocycles. The van der Waals surface area contributed by atoms with E-state index in [-0.39, 0.29) is 11.5 Å². The summed E-state index contributed by atoms with van der Waals surface area (Å²) in [7, 11) is 0. The molecule has 0 fully saturated rings. The average Bonchev–Trinajstić information content (AvgIpc) is 2.20. The summed E-state index contributed by atoms with van der Waals surface area (Å²) in [4.78, 5) is 22.3. The summed E-state index contributed by atoms with van der Waals surface area (Å²) >= 11 is 0. The molecule has 5 nitrogen and oxygen atoms in total. The molecular weight excluding hydrogens is 220 g/mol. The Balaban J connectivity index is 3.25. The van der Waals surface area contributed by atoms with Crippen LogP contribution in [0.1, 0.15) is 29.8 Å². The maximum absolute atomic E-state index is 11.3. The average molecular weight is 236 g/mol. The first-order chi connectivity index (χ1) is 7.95. The van der Waals surface area contributed by atoms with Crippen molar-refractivity contribution in [2.45, 2.75) is 20.8 Å². The Labute approximate surface area is 99.9 Å². The van der Waals surface area contributed by atoms with Crippen molar-refractivity contribution in [2.24, 2.45) is 5.73 Å². The lowest BCUT2D eigenvalue weighted by Crippen LogP contribution is -2.15. The van der Waals surface area contributed by atoms with Gasteiger partial charge in [-0.15, -0.1) is 0 Å². The summed E-state index contributed by atoms with van der Waals surface area (Å²) in [6.07, 6.45) is 0. The van der Waals surface area contributed by atoms with Crippen LogP contribution in [0.2, 0.25) is 0 Å². The first-order valence-electron chi connectivity index (χ1n) is 5.30. The number of benzene rings is 1. The maximum atomic E-state index is 11.3. The summed E-state index contributed by atoms with van der Waals surface area (Å²) in [6.45, 7) is 5.46. The number of nitrogens with one attached hydrogen (secondary N) is 1. The van der Waals surface area contributed by atoms with Gasteiger partial charge in [0.1, 0.15) is 5.75 Å². The molecule has 0 aliphatic heterocycles. The SMILES string of the molecule is CCOc1c(C)cc(NC(C)=O)cc1C(N)=O. The van der Waals surface area contributed by atoms with Gasteiger partial charge >= 0.3 is 0 Å². The number of ether oxygens (including phenoxy) is 1. The Morgan fingerprint density at radius 1 is 1.41 bits per heavy atom. The minimum Gasteiger partial charge on any atom is -0.493 e. The molecule has 3 N–H and O–H groups in total. The van der Waals surface area contributed by atoms with Crippen molar-refractivity contribution in [3.05, 3.63) is 23.3 Å². The third-order valence-electron chi connectivity index (χ3n) is 2.15. The molecule has 17 heavy (non-hydrogen) atoms. The van der Waals surface area contributed by atoms with Crippen molar-refractivity contribution in [3.63, 3.8) is 0 Å². The topological polar surface area (TPSA) is 81.4 Å². The van der Waals surface area contributed by atoms with Crippen LogP contribution in [0.4, 0.5) is 5.69 Å². The van der Waals surface area contributed by atoms with E-state index in [2.05, 4.69) is 5.32 Å². The lowest BCUT2D eigenvalue weighted by Gasteiger charge is -2.13. The Morgan fingerprint density at radius 2 is 2.06 bits per heavy atom. The van der Waals surface area contributed by atoms with Crippen molar-refractivity contribution in [2.75, 3.05) is 11.9 Å². The van der Waals surface area contributed by atoms with Crippen LogP contribution in [-0.2, 0) is 4.79 Å². The van der Waals surface area contributed by atoms with E-state index in [0.717, 1.165) is 5.56 Å². The Morgan fingerprint density at radius 3 is 2.53 bits per heavy atom. The highest BCUT2D eigenvalue weighted by molar-refractivity contribution is 5.98. The first kappa shape index (κ1) is 13.0. The van der Waals surface area contributed by atoms with Crippen molar-refractivity contribution >= 4 is 17.5 Å². The van der Waals surface area contributed by atoms with Gasteiger partial charge in [-0.2, -0.15) is 0 Å². The van der Waals surface area contributed by atoms with Gasteiger partial charge in [0, 0.05) is 12.6 Å². The predicted octanol–water partition coefficient (Wildman–Crippen LogP) is 1.45. The van der Waals surface area contributed by atoms with Crippen LogP contribution in [0.15, 0.2) is 12.1 Å². The highest BCUT2D eigenvalue weighted by Gasteiger charge is 2.14. The molecule has 0 aliphatic rings. The van der Waals surface area contributed by atoms with E-state index >= 15 is 0 Å². The highest BCUT2D eigenvalue weighted by Crippen LogP contribution is 2.27. The van der Waals surface area contributed by atoms with Crippen LogP contribution >= 0.6 is 0 Å². The second-order valence-corrected chi connectivity index (χ2v) is 3.65. The van der Waals surface area contributed by atoms with Crippen LogP contribution in [0.3, 0.4) is 0 Å². The Kier molecular flexibility index (Phi) is 4.09. The maximum Gasteiger partial charge on any atom is 0.252 e. The largest absolute Gasteiger partial charge is 0.493 e. The molecule has 1 aromatic rings. The van der Waals surface area contributed by atoms with E-state index in [1.807, 2.05) is 6.92 Å². The van der Waals surface area contributed by atoms with E-state index < -0.39 is 5.91 Å². The van der Waals surface area contributed by atoms with Gasteiger partial charge in [0.2, 0.25) is 5.91 Å². The van der Waals surface area contributed by atoms with Crippen LogP contribution in [0.5, 0.6) is 5.75 Å². The molecule has 0 radical (unpaired) electrons. The highest BCUT2D eigenvalue weighted by atomic mass is 16.5. The molecule has 0 bridgehead atoms. The molecule has 0 heterocycles. The molecule has 0 aliphatic carbocycles. The molecule has 0 aromatic heterocycles. The molecule has 1 aromatic carbocycles. The minimum absolute atomic E-state index is 0.205. The molecule has 0 unspecified atom stereocenters. The van der Waals surface area contributed by atoms with Crippen molar-refractivity contribution in [1.82, 2.24) is 0 Å². The number of nitrogens with two attached hydrogens (primary N) is 1. The third-order valence-corrected chi connectivity index (χ3v) is 2.15. The van der Waals surface area contributed by atoms with Crippen LogP contribution in [0.25, 0.3) is 0 Å². The lowest BCUT2D eigenvalue weighted by atomic mass is 10.1. The molecular formula is C12H16N2O3. The van der Waals surface area contributed by atoms with Gasteiger partial charge in [-0.3, -0.25) is 9.59 Å². The monoisotopic (exact) mass is 236 g/mol. The molecule has 92 valence electrons. The molecule has 0 atom stereocenters. The quantitative estimate of drug-likeness (QED) is 0.830. The third kappa shape index (κ3) is 3.21. The van der Waals surface area contributed by atoms with Gasteiger partial charge in [-0.1, -0.05) is 0 Å². The van der Waals surface area contributed by atoms with Gasteiger partial charge in [0.25, 0.3) is 5.91 Å². The fourth-order valence-electron chi connectivity index (χ4n) is 1.57. The zero-order chi connectivity index (χ0) is 13.0. The summed E-state index contributed by atoms with van der Waals surface area (Å²) in [5.74, 6) is -0.318. The zero-order valence-electron chi connectivity index (χ0n) is 10.2. The molecule has 5 heteroatoms. The van der Waals surface area contributed by atoms with Gasteiger partial charge in [-0.05, 0) is 31.5 Å². The van der Waals surface area contributed by atoms with Crippen LogP contribution in [0, 0.1) is 6.92 Å². The van der Waals surface area contributed by atoms with E-state index in [4.69, 9.17) is 10.5 Å². The number of rotatable bonds is 4. The predicted molar refractivity (Wildman–Crippen MR) is 65.2 cm³/mol. The number of hydrogen-bond donors (Lipinski definition) is 2.